The molecule has 5 rings (SSSR count). The normalized spacial score (nSPS) is 20.4. The van der Waals surface area contributed by atoms with Crippen LogP contribution in [-0.2, 0) is 0 Å². The van der Waals surface area contributed by atoms with Gasteiger partial charge in [-0.25, -0.2) is 9.98 Å². The Morgan fingerprint density at radius 3 is 2.00 bits per heavy atom. The third-order valence-electron chi connectivity index (χ3n) is 6.17. The minimum absolute atomic E-state index is 0.190. The van der Waals surface area contributed by atoms with E-state index < -0.39 is 0 Å². The fourth-order valence-corrected chi connectivity index (χ4v) is 4.35. The van der Waals surface area contributed by atoms with Crippen molar-refractivity contribution in [1.29, 1.82) is 0 Å². The maximum atomic E-state index is 5.02. The van der Waals surface area contributed by atoms with E-state index in [1.54, 1.807) is 0 Å². The molecule has 2 aliphatic rings. The van der Waals surface area contributed by atoms with Crippen LogP contribution in [0.3, 0.4) is 0 Å². The van der Waals surface area contributed by atoms with Crippen LogP contribution >= 0.6 is 0 Å². The molecule has 32 heavy (non-hydrogen) atoms. The summed E-state index contributed by atoms with van der Waals surface area (Å²) in [5.41, 5.74) is 6.07. The summed E-state index contributed by atoms with van der Waals surface area (Å²) in [5.74, 6) is 2.42. The fraction of sp³-hybridized carbons (Fsp3) is 0.172. The number of amidine groups is 2. The van der Waals surface area contributed by atoms with Crippen LogP contribution in [0.2, 0.25) is 0 Å². The molecule has 1 heterocycles. The average molecular weight is 418 g/mol. The van der Waals surface area contributed by atoms with Gasteiger partial charge in [0.1, 0.15) is 18.3 Å². The van der Waals surface area contributed by atoms with Crippen LogP contribution in [0.1, 0.15) is 18.1 Å². The van der Waals surface area contributed by atoms with Gasteiger partial charge in [0.2, 0.25) is 0 Å². The second-order valence-corrected chi connectivity index (χ2v) is 8.47. The van der Waals surface area contributed by atoms with Crippen LogP contribution in [0.25, 0.3) is 16.7 Å². The Morgan fingerprint density at radius 1 is 0.750 bits per heavy atom. The van der Waals surface area contributed by atoms with Crippen molar-refractivity contribution in [3.8, 4) is 11.1 Å². The Morgan fingerprint density at radius 2 is 1.34 bits per heavy atom. The molecule has 0 saturated carbocycles. The monoisotopic (exact) mass is 417 g/mol. The average Bonchev–Trinajstić information content (AvgIpc) is 2.86. The first-order chi connectivity index (χ1) is 15.7. The zero-order valence-corrected chi connectivity index (χ0v) is 18.5. The highest BCUT2D eigenvalue weighted by atomic mass is 15.3. The first-order valence-corrected chi connectivity index (χ1v) is 11.1. The molecule has 0 spiro atoms. The van der Waals surface area contributed by atoms with Gasteiger partial charge in [-0.15, -0.1) is 0 Å². The van der Waals surface area contributed by atoms with E-state index >= 15 is 0 Å². The van der Waals surface area contributed by atoms with Gasteiger partial charge in [-0.2, -0.15) is 0 Å². The lowest BCUT2D eigenvalue weighted by molar-refractivity contribution is 0.507. The highest BCUT2D eigenvalue weighted by Crippen LogP contribution is 2.30. The first-order valence-electron chi connectivity index (χ1n) is 11.1. The largest absolute Gasteiger partial charge is 0.340 e. The number of nitrogens with zero attached hydrogens (tertiary/aromatic N) is 3. The summed E-state index contributed by atoms with van der Waals surface area (Å²) in [4.78, 5) is 11.9. The zero-order valence-electron chi connectivity index (χ0n) is 18.5. The third-order valence-corrected chi connectivity index (χ3v) is 6.17. The second kappa shape index (κ2) is 8.80. The Kier molecular flexibility index (Phi) is 5.55. The van der Waals surface area contributed by atoms with E-state index in [1.807, 2.05) is 6.07 Å². The van der Waals surface area contributed by atoms with Crippen molar-refractivity contribution in [3.63, 3.8) is 0 Å². The zero-order chi connectivity index (χ0) is 21.9. The molecule has 0 N–H and O–H groups in total. The number of hydrogen-bond acceptors (Lipinski definition) is 3. The molecule has 158 valence electrons. The number of benzene rings is 3. The van der Waals surface area contributed by atoms with Crippen molar-refractivity contribution < 1.29 is 0 Å². The van der Waals surface area contributed by atoms with Gasteiger partial charge in [-0.05, 0) is 28.2 Å². The van der Waals surface area contributed by atoms with Crippen LogP contribution in [-0.4, -0.2) is 30.3 Å². The summed E-state index contributed by atoms with van der Waals surface area (Å²) in [5, 5.41) is 0. The number of hydrogen-bond donors (Lipinski definition) is 0. The van der Waals surface area contributed by atoms with Crippen molar-refractivity contribution in [2.24, 2.45) is 21.8 Å². The molecule has 0 saturated heterocycles. The topological polar surface area (TPSA) is 28.0 Å². The molecular formula is C29H27N3. The molecule has 3 heteroatoms. The molecule has 0 amide bonds. The van der Waals surface area contributed by atoms with E-state index in [9.17, 15) is 0 Å². The minimum Gasteiger partial charge on any atom is -0.340 e. The van der Waals surface area contributed by atoms with E-state index in [0.717, 1.165) is 17.2 Å². The highest BCUT2D eigenvalue weighted by molar-refractivity contribution is 6.08. The van der Waals surface area contributed by atoms with Crippen LogP contribution < -0.4 is 0 Å². The predicted octanol–water partition coefficient (Wildman–Crippen LogP) is 6.31. The number of rotatable bonds is 4. The molecule has 2 atom stereocenters. The fourth-order valence-electron chi connectivity index (χ4n) is 4.35. The lowest BCUT2D eigenvalue weighted by Gasteiger charge is -2.29. The molecule has 3 aromatic rings. The van der Waals surface area contributed by atoms with E-state index in [2.05, 4.69) is 116 Å². The summed E-state index contributed by atoms with van der Waals surface area (Å²) in [6, 6.07) is 29.7. The smallest absolute Gasteiger partial charge is 0.139 e. The van der Waals surface area contributed by atoms with Gasteiger partial charge >= 0.3 is 0 Å². The quantitative estimate of drug-likeness (QED) is 0.489. The molecule has 0 bridgehead atoms. The third kappa shape index (κ3) is 4.06. The molecular weight excluding hydrogens is 390 g/mol. The van der Waals surface area contributed by atoms with E-state index in [0.29, 0.717) is 12.6 Å². The SMILES string of the molecule is CC1C=C(c2ccccc2)C=CC1C1=NCN(C)C(c2ccc(-c3ccccc3)cc2)=N1. The highest BCUT2D eigenvalue weighted by Gasteiger charge is 2.26. The first kappa shape index (κ1) is 20.2. The molecule has 1 aliphatic heterocycles. The molecule has 0 aromatic heterocycles. The van der Waals surface area contributed by atoms with Crippen molar-refractivity contribution in [2.45, 2.75) is 6.92 Å². The van der Waals surface area contributed by atoms with Crippen LogP contribution in [0.4, 0.5) is 0 Å². The predicted molar refractivity (Wildman–Crippen MR) is 135 cm³/mol. The summed E-state index contributed by atoms with van der Waals surface area (Å²) in [7, 11) is 2.05. The van der Waals surface area contributed by atoms with E-state index in [1.165, 1.54) is 22.3 Å². The minimum atomic E-state index is 0.190. The van der Waals surface area contributed by atoms with Gasteiger partial charge in [-0.1, -0.05) is 110 Å². The Hall–Kier alpha value is -3.72. The van der Waals surface area contributed by atoms with Gasteiger partial charge in [0.25, 0.3) is 0 Å². The molecule has 0 fully saturated rings. The molecule has 3 aromatic carbocycles. The lowest BCUT2D eigenvalue weighted by atomic mass is 9.84. The van der Waals surface area contributed by atoms with Crippen LogP contribution in [0, 0.1) is 11.8 Å². The van der Waals surface area contributed by atoms with Gasteiger partial charge in [-0.3, -0.25) is 0 Å². The van der Waals surface area contributed by atoms with Gasteiger partial charge < -0.3 is 4.90 Å². The standard InChI is InChI=1S/C29H27N3/c1-21-19-26(23-11-7-4-8-12-23)17-18-27(21)28-30-20-32(2)29(31-28)25-15-13-24(14-16-25)22-9-5-3-6-10-22/h3-19,21,27H,20H2,1-2H3. The number of allylic oxidation sites excluding steroid dienone is 3. The summed E-state index contributed by atoms with van der Waals surface area (Å²) in [6.07, 6.45) is 6.81. The number of aliphatic imine (C=N–C) groups is 2. The lowest BCUT2D eigenvalue weighted by Crippen LogP contribution is -2.35. The molecule has 2 unspecified atom stereocenters. The van der Waals surface area contributed by atoms with Gasteiger partial charge in [0, 0.05) is 18.5 Å². The van der Waals surface area contributed by atoms with Crippen LogP contribution in [0.15, 0.2) is 113 Å². The van der Waals surface area contributed by atoms with Crippen LogP contribution in [0.5, 0.6) is 0 Å². The Balaban J connectivity index is 1.38. The van der Waals surface area contributed by atoms with Crippen molar-refractivity contribution >= 4 is 17.2 Å². The molecule has 3 nitrogen and oxygen atoms in total. The Labute approximate surface area is 190 Å². The van der Waals surface area contributed by atoms with Crippen molar-refractivity contribution in [2.75, 3.05) is 13.7 Å². The molecule has 1 aliphatic carbocycles. The maximum Gasteiger partial charge on any atom is 0.139 e. The second-order valence-electron chi connectivity index (χ2n) is 8.47. The van der Waals surface area contributed by atoms with Gasteiger partial charge in [0.05, 0.1) is 0 Å². The van der Waals surface area contributed by atoms with E-state index in [-0.39, 0.29) is 5.92 Å². The molecule has 0 radical (unpaired) electrons. The van der Waals surface area contributed by atoms with Crippen molar-refractivity contribution in [1.82, 2.24) is 4.90 Å². The van der Waals surface area contributed by atoms with Gasteiger partial charge in [0.15, 0.2) is 0 Å². The van der Waals surface area contributed by atoms with E-state index in [4.69, 9.17) is 9.98 Å². The summed E-state index contributed by atoms with van der Waals surface area (Å²) < 4.78 is 0. The Bertz CT molecular complexity index is 1200. The van der Waals surface area contributed by atoms with Crippen molar-refractivity contribution in [3.05, 3.63) is 114 Å². The summed E-state index contributed by atoms with van der Waals surface area (Å²) >= 11 is 0. The maximum absolute atomic E-state index is 5.02. The summed E-state index contributed by atoms with van der Waals surface area (Å²) in [6.45, 7) is 2.88.